The van der Waals surface area contributed by atoms with Crippen molar-refractivity contribution in [3.63, 3.8) is 0 Å². The van der Waals surface area contributed by atoms with E-state index in [4.69, 9.17) is 9.47 Å². The Hall–Kier alpha value is -2.42. The first-order valence-corrected chi connectivity index (χ1v) is 34.1. The summed E-state index contributed by atoms with van der Waals surface area (Å²) in [5, 5.41) is 0. The van der Waals surface area contributed by atoms with Crippen LogP contribution in [0.25, 0.3) is 0 Å². The second kappa shape index (κ2) is 42.4. The topological polar surface area (TPSA) is 18.5 Å². The van der Waals surface area contributed by atoms with E-state index >= 15 is 0 Å². The molecule has 0 bridgehead atoms. The Morgan fingerprint density at radius 2 is 0.732 bits per heavy atom. The van der Waals surface area contributed by atoms with Gasteiger partial charge in [-0.2, -0.15) is 0 Å². The Morgan fingerprint density at radius 1 is 0.366 bits per heavy atom. The van der Waals surface area contributed by atoms with Gasteiger partial charge in [-0.15, -0.1) is 0 Å². The molecule has 82 heavy (non-hydrogen) atoms. The van der Waals surface area contributed by atoms with Crippen LogP contribution in [0.4, 0.5) is 0 Å². The van der Waals surface area contributed by atoms with Crippen LogP contribution in [-0.2, 0) is 26.7 Å². The molecule has 0 fully saturated rings. The molecule has 0 aliphatic heterocycles. The summed E-state index contributed by atoms with van der Waals surface area (Å²) in [6.45, 7) is 80.4. The Balaban J connectivity index is -0.000000927. The van der Waals surface area contributed by atoms with Gasteiger partial charge in [0.25, 0.3) is 0 Å². The summed E-state index contributed by atoms with van der Waals surface area (Å²) in [7, 11) is 0. The Bertz CT molecular complexity index is 1980. The smallest absolute Gasteiger partial charge is 0.0630 e. The molecule has 3 rings (SSSR count). The van der Waals surface area contributed by atoms with Crippen LogP contribution in [0.2, 0.25) is 0 Å². The summed E-state index contributed by atoms with van der Waals surface area (Å²) in [5.41, 5.74) is 14.4. The Kier molecular flexibility index (Phi) is 43.4. The molecule has 0 aliphatic carbocycles. The van der Waals surface area contributed by atoms with Crippen molar-refractivity contribution in [1.82, 2.24) is 0 Å². The van der Waals surface area contributed by atoms with E-state index in [9.17, 15) is 0 Å². The Morgan fingerprint density at radius 3 is 1.07 bits per heavy atom. The number of hydrogen-bond acceptors (Lipinski definition) is 2. The van der Waals surface area contributed by atoms with Gasteiger partial charge in [0.15, 0.2) is 0 Å². The van der Waals surface area contributed by atoms with Crippen LogP contribution in [0.1, 0.15) is 366 Å². The summed E-state index contributed by atoms with van der Waals surface area (Å²) in [6, 6.07) is 20.4. The van der Waals surface area contributed by atoms with Crippen LogP contribution in [-0.4, -0.2) is 24.4 Å². The number of benzene rings is 3. The summed E-state index contributed by atoms with van der Waals surface area (Å²) in [5.74, 6) is 8.49. The van der Waals surface area contributed by atoms with E-state index < -0.39 is 0 Å². The molecule has 2 nitrogen and oxygen atoms in total. The van der Waals surface area contributed by atoms with E-state index in [1.54, 1.807) is 27.8 Å². The van der Waals surface area contributed by atoms with Gasteiger partial charge in [0.1, 0.15) is 0 Å². The SMILES string of the molecule is CC(C)CCC(C)(C)OC(C)C.CC(C)CCCCC(C)C.CC(C)CCCOC(C)C.CC(C)Cc1cccc(C(C)C)c1C(C)C.CC(C)c1cccc(C(C)(C)C(C)C)c1C(C)C.Cc1cccc(C(C)(C)C(C)C)c1C(C)C. The van der Waals surface area contributed by atoms with Gasteiger partial charge in [0, 0.05) is 6.61 Å². The predicted octanol–water partition coefficient (Wildman–Crippen LogP) is 26.4. The molecule has 0 aliphatic rings. The molecule has 0 unspecified atom stereocenters. The molecule has 3 aromatic carbocycles. The molecule has 0 atom stereocenters. The molecule has 0 aromatic heterocycles. The van der Waals surface area contributed by atoms with Crippen molar-refractivity contribution in [3.8, 4) is 0 Å². The first-order chi connectivity index (χ1) is 37.5. The number of aryl methyl sites for hydroxylation is 1. The van der Waals surface area contributed by atoms with Gasteiger partial charge in [0.05, 0.1) is 17.8 Å². The van der Waals surface area contributed by atoms with Gasteiger partial charge < -0.3 is 9.47 Å². The molecular weight excluding hydrogens is 993 g/mol. The minimum absolute atomic E-state index is 0.0540. The van der Waals surface area contributed by atoms with Crippen LogP contribution in [0.5, 0.6) is 0 Å². The zero-order chi connectivity index (χ0) is 64.6. The second-order valence-corrected chi connectivity index (χ2v) is 31.3. The lowest BCUT2D eigenvalue weighted by atomic mass is 9.70. The first-order valence-electron chi connectivity index (χ1n) is 34.1. The minimum atomic E-state index is 0.0540. The number of rotatable bonds is 26. The van der Waals surface area contributed by atoms with Crippen molar-refractivity contribution < 1.29 is 9.47 Å². The molecule has 0 N–H and O–H groups in total. The molecule has 0 saturated carbocycles. The molecule has 0 saturated heterocycles. The molecule has 0 heterocycles. The molecule has 3 aromatic rings. The van der Waals surface area contributed by atoms with Crippen molar-refractivity contribution in [2.45, 2.75) is 358 Å². The second-order valence-electron chi connectivity index (χ2n) is 31.3. The highest BCUT2D eigenvalue weighted by Gasteiger charge is 2.30. The maximum absolute atomic E-state index is 5.79. The van der Waals surface area contributed by atoms with E-state index in [1.807, 2.05) is 0 Å². The van der Waals surface area contributed by atoms with Crippen LogP contribution in [0.3, 0.4) is 0 Å². The van der Waals surface area contributed by atoms with Gasteiger partial charge >= 0.3 is 0 Å². The quantitative estimate of drug-likeness (QED) is 0.0746. The normalized spacial score (nSPS) is 12.3. The fraction of sp³-hybridized carbons (Fsp3) is 0.775. The maximum atomic E-state index is 5.79. The molecule has 480 valence electrons. The monoisotopic (exact) mass is 1140 g/mol. The third-order valence-electron chi connectivity index (χ3n) is 16.6. The van der Waals surface area contributed by atoms with Gasteiger partial charge in [0.2, 0.25) is 0 Å². The zero-order valence-corrected chi connectivity index (χ0v) is 62.2. The highest BCUT2D eigenvalue weighted by Crippen LogP contribution is 2.40. The number of ether oxygens (including phenoxy) is 2. The predicted molar refractivity (Wildman–Crippen MR) is 376 cm³/mol. The molecule has 0 spiro atoms. The fourth-order valence-corrected chi connectivity index (χ4v) is 10.6. The summed E-state index contributed by atoms with van der Waals surface area (Å²) < 4.78 is 11.2. The van der Waals surface area contributed by atoms with Crippen LogP contribution >= 0.6 is 0 Å². The van der Waals surface area contributed by atoms with Crippen molar-refractivity contribution in [2.24, 2.45) is 41.4 Å². The molecule has 0 radical (unpaired) electrons. The van der Waals surface area contributed by atoms with Crippen molar-refractivity contribution in [3.05, 3.63) is 105 Å². The Labute approximate surface area is 517 Å². The minimum Gasteiger partial charge on any atom is -0.379 e. The molecule has 2 heteroatoms. The van der Waals surface area contributed by atoms with E-state index in [2.05, 4.69) is 297 Å². The molecule has 0 amide bonds. The van der Waals surface area contributed by atoms with E-state index in [0.29, 0.717) is 53.6 Å². The fourth-order valence-electron chi connectivity index (χ4n) is 10.6. The van der Waals surface area contributed by atoms with Crippen LogP contribution < -0.4 is 0 Å². The zero-order valence-electron chi connectivity index (χ0n) is 62.2. The van der Waals surface area contributed by atoms with Crippen molar-refractivity contribution in [2.75, 3.05) is 6.61 Å². The summed E-state index contributed by atoms with van der Waals surface area (Å²) in [6.07, 6.45) is 12.5. The first kappa shape index (κ1) is 83.8. The van der Waals surface area contributed by atoms with Gasteiger partial charge in [-0.1, -0.05) is 274 Å². The highest BCUT2D eigenvalue weighted by atomic mass is 16.5. The standard InChI is InChI=1S/C18H30.2C16H26.C11H24O.C10H22.C9H20O/c1-12(2)15-10-9-11-16(17(15)13(3)4)18(7,8)14(5)6;1-11(2)15-13(5)9-8-10-14(15)16(6,7)12(3)4;1-11(2)10-14-8-7-9-15(12(3)4)16(14)13(5)6;1-9(2)7-8-11(5,6)12-10(3)4;1-9(2)7-5-6-8-10(3)4;1-8(2)6-5-7-10-9(3)4/h9-14H,1-8H3;8-12H,1-7H3;7-9,11-13H,10H2,1-6H3;9-10H,7-8H2,1-6H3;9-10H,5-8H2,1-4H3;8-9H,5-7H2,1-4H3. The van der Waals surface area contributed by atoms with E-state index in [1.165, 1.54) is 73.6 Å². The lowest BCUT2D eigenvalue weighted by Crippen LogP contribution is -2.28. The van der Waals surface area contributed by atoms with Crippen LogP contribution in [0.15, 0.2) is 54.6 Å². The number of hydrogen-bond donors (Lipinski definition) is 0. The van der Waals surface area contributed by atoms with E-state index in [-0.39, 0.29) is 16.4 Å². The largest absolute Gasteiger partial charge is 0.379 e. The third-order valence-corrected chi connectivity index (χ3v) is 16.6. The highest BCUT2D eigenvalue weighted by molar-refractivity contribution is 5.44. The van der Waals surface area contributed by atoms with Crippen molar-refractivity contribution in [1.29, 1.82) is 0 Å². The van der Waals surface area contributed by atoms with Gasteiger partial charge in [-0.05, 0) is 212 Å². The average molecular weight is 1140 g/mol. The van der Waals surface area contributed by atoms with Crippen LogP contribution in [0, 0.1) is 48.3 Å². The average Bonchev–Trinajstić information content (AvgIpc) is 3.33. The molecular formula is C80H148O2. The summed E-state index contributed by atoms with van der Waals surface area (Å²) in [4.78, 5) is 0. The lowest BCUT2D eigenvalue weighted by Gasteiger charge is -2.34. The van der Waals surface area contributed by atoms with E-state index in [0.717, 1.165) is 42.6 Å². The van der Waals surface area contributed by atoms with Gasteiger partial charge in [-0.25, -0.2) is 0 Å². The third kappa shape index (κ3) is 35.9. The lowest BCUT2D eigenvalue weighted by molar-refractivity contribution is -0.0627. The number of unbranched alkanes of at least 4 members (excludes halogenated alkanes) is 1. The summed E-state index contributed by atoms with van der Waals surface area (Å²) >= 11 is 0. The van der Waals surface area contributed by atoms with Crippen molar-refractivity contribution >= 4 is 0 Å². The van der Waals surface area contributed by atoms with Gasteiger partial charge in [-0.3, -0.25) is 0 Å². The maximum Gasteiger partial charge on any atom is 0.0630 e.